The lowest BCUT2D eigenvalue weighted by molar-refractivity contribution is -0.142. The van der Waals surface area contributed by atoms with Gasteiger partial charge in [0.15, 0.2) is 0 Å². The summed E-state index contributed by atoms with van der Waals surface area (Å²) in [5, 5.41) is 0. The summed E-state index contributed by atoms with van der Waals surface area (Å²) in [6.07, 6.45) is 1.84. The highest BCUT2D eigenvalue weighted by Gasteiger charge is 2.39. The summed E-state index contributed by atoms with van der Waals surface area (Å²) in [4.78, 5) is 35.3. The molecule has 0 saturated heterocycles. The number of Topliss-reactive ketones (excluding diaryl/α,β-unsaturated/α-hetero) is 1. The van der Waals surface area contributed by atoms with Crippen LogP contribution in [0.4, 0.5) is 0 Å². The van der Waals surface area contributed by atoms with Crippen LogP contribution in [0.2, 0.25) is 0 Å². The Morgan fingerprint density at radius 1 is 0.905 bits per heavy atom. The summed E-state index contributed by atoms with van der Waals surface area (Å²) in [6.45, 7) is 7.68. The van der Waals surface area contributed by atoms with Crippen LogP contribution in [0.25, 0.3) is 0 Å². The van der Waals surface area contributed by atoms with Gasteiger partial charge in [-0.2, -0.15) is 0 Å². The number of esters is 2. The van der Waals surface area contributed by atoms with Gasteiger partial charge in [0, 0.05) is 19.3 Å². The number of carbonyl (C=O) groups excluding carboxylic acids is 3. The van der Waals surface area contributed by atoms with Gasteiger partial charge in [-0.05, 0) is 19.3 Å². The number of ether oxygens (including phenoxy) is 2. The second-order valence-corrected chi connectivity index (χ2v) is 4.97. The monoisotopic (exact) mass is 298 g/mol. The third-order valence-electron chi connectivity index (χ3n) is 3.93. The number of hydrogen-bond acceptors (Lipinski definition) is 5. The summed E-state index contributed by atoms with van der Waals surface area (Å²) < 4.78 is 9.30. The largest absolute Gasteiger partial charge is 0.469 e. The van der Waals surface area contributed by atoms with Crippen molar-refractivity contribution in [3.63, 3.8) is 0 Å². The average Bonchev–Trinajstić information content (AvgIpc) is 2.52. The molecule has 0 fully saturated rings. The van der Waals surface area contributed by atoms with Gasteiger partial charge in [-0.1, -0.05) is 26.0 Å². The number of allylic oxidation sites excluding steroid dienone is 1. The van der Waals surface area contributed by atoms with Gasteiger partial charge in [0.1, 0.15) is 5.78 Å². The van der Waals surface area contributed by atoms with Gasteiger partial charge < -0.3 is 9.47 Å². The number of hydrogen-bond donors (Lipinski definition) is 0. The first-order valence-corrected chi connectivity index (χ1v) is 7.23. The lowest BCUT2D eigenvalue weighted by Crippen LogP contribution is -2.34. The van der Waals surface area contributed by atoms with Crippen LogP contribution in [0, 0.1) is 5.41 Å². The van der Waals surface area contributed by atoms with Crippen molar-refractivity contribution < 1.29 is 23.9 Å². The Morgan fingerprint density at radius 3 is 1.62 bits per heavy atom. The highest BCUT2D eigenvalue weighted by Crippen LogP contribution is 2.40. The van der Waals surface area contributed by atoms with E-state index in [1.165, 1.54) is 14.2 Å². The maximum Gasteiger partial charge on any atom is 0.305 e. The number of ketones is 1. The van der Waals surface area contributed by atoms with E-state index in [0.717, 1.165) is 5.57 Å². The van der Waals surface area contributed by atoms with Crippen LogP contribution in [0.15, 0.2) is 12.2 Å². The Kier molecular flexibility index (Phi) is 8.58. The molecule has 5 nitrogen and oxygen atoms in total. The Hall–Kier alpha value is -1.65. The van der Waals surface area contributed by atoms with E-state index in [9.17, 15) is 14.4 Å². The lowest BCUT2D eigenvalue weighted by atomic mass is 9.68. The van der Waals surface area contributed by atoms with Crippen LogP contribution in [0.1, 0.15) is 52.4 Å². The number of carbonyl (C=O) groups is 3. The lowest BCUT2D eigenvalue weighted by Gasteiger charge is -2.34. The molecule has 0 aromatic heterocycles. The van der Waals surface area contributed by atoms with Crippen molar-refractivity contribution in [2.24, 2.45) is 5.41 Å². The van der Waals surface area contributed by atoms with Gasteiger partial charge in [0.25, 0.3) is 0 Å². The standard InChI is InChI=1S/C16H26O5/c1-6-12(3)16(13(17)7-2,10-8-14(18)20-4)11-9-15(19)21-5/h3,6-11H2,1-2,4-5H3. The van der Waals surface area contributed by atoms with Crippen molar-refractivity contribution in [1.82, 2.24) is 0 Å². The molecule has 0 radical (unpaired) electrons. The molecule has 0 heterocycles. The molecule has 120 valence electrons. The molecule has 0 aliphatic carbocycles. The van der Waals surface area contributed by atoms with Gasteiger partial charge >= 0.3 is 11.9 Å². The SMILES string of the molecule is C=C(CC)C(CCC(=O)OC)(CCC(=O)OC)C(=O)CC. The van der Waals surface area contributed by atoms with E-state index >= 15 is 0 Å². The van der Waals surface area contributed by atoms with Crippen LogP contribution in [0.3, 0.4) is 0 Å². The molecule has 0 bridgehead atoms. The Bertz CT molecular complexity index is 359. The summed E-state index contributed by atoms with van der Waals surface area (Å²) in [5.74, 6) is -0.738. The predicted molar refractivity (Wildman–Crippen MR) is 79.7 cm³/mol. The second kappa shape index (κ2) is 9.32. The zero-order valence-electron chi connectivity index (χ0n) is 13.5. The van der Waals surface area contributed by atoms with E-state index in [-0.39, 0.29) is 30.6 Å². The fourth-order valence-corrected chi connectivity index (χ4v) is 2.47. The fourth-order valence-electron chi connectivity index (χ4n) is 2.47. The fraction of sp³-hybridized carbons (Fsp3) is 0.688. The van der Waals surface area contributed by atoms with E-state index < -0.39 is 5.41 Å². The molecular weight excluding hydrogens is 272 g/mol. The third-order valence-corrected chi connectivity index (χ3v) is 3.93. The van der Waals surface area contributed by atoms with E-state index in [1.54, 1.807) is 6.92 Å². The second-order valence-electron chi connectivity index (χ2n) is 4.97. The van der Waals surface area contributed by atoms with E-state index in [0.29, 0.717) is 25.7 Å². The molecule has 0 amide bonds. The highest BCUT2D eigenvalue weighted by atomic mass is 16.5. The quantitative estimate of drug-likeness (QED) is 0.458. The highest BCUT2D eigenvalue weighted by molar-refractivity contribution is 5.88. The summed E-state index contributed by atoms with van der Waals surface area (Å²) in [5.41, 5.74) is -0.103. The molecule has 0 aromatic carbocycles. The predicted octanol–water partition coefficient (Wildman–Crippen LogP) is 2.82. The smallest absolute Gasteiger partial charge is 0.305 e. The first-order chi connectivity index (χ1) is 9.87. The van der Waals surface area contributed by atoms with Crippen LogP contribution < -0.4 is 0 Å². The zero-order valence-corrected chi connectivity index (χ0v) is 13.5. The first-order valence-electron chi connectivity index (χ1n) is 7.23. The molecule has 0 unspecified atom stereocenters. The topological polar surface area (TPSA) is 69.7 Å². The van der Waals surface area contributed by atoms with Crippen LogP contribution in [-0.2, 0) is 23.9 Å². The van der Waals surface area contributed by atoms with E-state index in [4.69, 9.17) is 0 Å². The van der Waals surface area contributed by atoms with Crippen molar-refractivity contribution >= 4 is 17.7 Å². The molecule has 21 heavy (non-hydrogen) atoms. The summed E-state index contributed by atoms with van der Waals surface area (Å²) in [7, 11) is 2.63. The van der Waals surface area contributed by atoms with Gasteiger partial charge in [0.05, 0.1) is 19.6 Å². The first kappa shape index (κ1) is 19.4. The zero-order chi connectivity index (χ0) is 16.5. The molecule has 0 spiro atoms. The molecule has 5 heteroatoms. The van der Waals surface area contributed by atoms with Gasteiger partial charge in [0.2, 0.25) is 0 Å². The number of rotatable bonds is 10. The maximum absolute atomic E-state index is 12.5. The van der Waals surface area contributed by atoms with Gasteiger partial charge in [-0.25, -0.2) is 0 Å². The van der Waals surface area contributed by atoms with Crippen LogP contribution in [-0.4, -0.2) is 31.9 Å². The molecule has 0 aliphatic rings. The molecule has 0 atom stereocenters. The number of methoxy groups -OCH3 is 2. The summed E-state index contributed by atoms with van der Waals surface area (Å²) >= 11 is 0. The molecule has 0 aromatic rings. The van der Waals surface area contributed by atoms with Gasteiger partial charge in [-0.15, -0.1) is 0 Å². The maximum atomic E-state index is 12.5. The van der Waals surface area contributed by atoms with Crippen molar-refractivity contribution in [2.75, 3.05) is 14.2 Å². The molecule has 0 N–H and O–H groups in total. The van der Waals surface area contributed by atoms with E-state index in [2.05, 4.69) is 16.1 Å². The van der Waals surface area contributed by atoms with Crippen molar-refractivity contribution in [3.05, 3.63) is 12.2 Å². The Balaban J connectivity index is 5.31. The minimum atomic E-state index is -0.855. The molecule has 0 rings (SSSR count). The van der Waals surface area contributed by atoms with Crippen molar-refractivity contribution in [3.8, 4) is 0 Å². The third kappa shape index (κ3) is 5.33. The molecular formula is C16H26O5. The minimum absolute atomic E-state index is 0.00200. The molecule has 0 aliphatic heterocycles. The van der Waals surface area contributed by atoms with Crippen molar-refractivity contribution in [2.45, 2.75) is 52.4 Å². The average molecular weight is 298 g/mol. The van der Waals surface area contributed by atoms with Crippen LogP contribution in [0.5, 0.6) is 0 Å². The Morgan fingerprint density at radius 2 is 1.33 bits per heavy atom. The minimum Gasteiger partial charge on any atom is -0.469 e. The van der Waals surface area contributed by atoms with E-state index in [1.807, 2.05) is 6.92 Å². The molecule has 0 saturated carbocycles. The van der Waals surface area contributed by atoms with Crippen molar-refractivity contribution in [1.29, 1.82) is 0 Å². The van der Waals surface area contributed by atoms with Gasteiger partial charge in [-0.3, -0.25) is 14.4 Å². The summed E-state index contributed by atoms with van der Waals surface area (Å²) in [6, 6.07) is 0. The Labute approximate surface area is 126 Å². The van der Waals surface area contributed by atoms with Crippen LogP contribution >= 0.6 is 0 Å². The normalized spacial score (nSPS) is 10.9.